The molecular formula is C28H31Cl2N3O4S. The summed E-state index contributed by atoms with van der Waals surface area (Å²) in [5, 5.41) is 3.51. The molecule has 38 heavy (non-hydrogen) atoms. The number of anilines is 1. The van der Waals surface area contributed by atoms with Gasteiger partial charge in [-0.3, -0.25) is 13.9 Å². The molecule has 0 unspecified atom stereocenters. The van der Waals surface area contributed by atoms with Gasteiger partial charge in [0.15, 0.2) is 0 Å². The van der Waals surface area contributed by atoms with E-state index in [1.807, 2.05) is 37.3 Å². The number of benzene rings is 3. The highest BCUT2D eigenvalue weighted by Crippen LogP contribution is 2.28. The minimum Gasteiger partial charge on any atom is -0.354 e. The molecule has 0 spiro atoms. The van der Waals surface area contributed by atoms with Crippen molar-refractivity contribution in [1.82, 2.24) is 10.2 Å². The number of hydrogen-bond donors (Lipinski definition) is 1. The van der Waals surface area contributed by atoms with Gasteiger partial charge in [0.05, 0.1) is 17.0 Å². The lowest BCUT2D eigenvalue weighted by molar-refractivity contribution is -0.140. The summed E-state index contributed by atoms with van der Waals surface area (Å²) < 4.78 is 26.5. The van der Waals surface area contributed by atoms with Crippen LogP contribution in [-0.2, 0) is 32.6 Å². The second-order valence-electron chi connectivity index (χ2n) is 8.83. The van der Waals surface area contributed by atoms with Crippen LogP contribution < -0.4 is 9.62 Å². The molecule has 1 N–H and O–H groups in total. The molecule has 1 atom stereocenters. The Morgan fingerprint density at radius 3 is 2.11 bits per heavy atom. The third-order valence-corrected chi connectivity index (χ3v) is 7.73. The number of hydrogen-bond acceptors (Lipinski definition) is 4. The molecule has 0 aliphatic heterocycles. The number of amides is 2. The van der Waals surface area contributed by atoms with Crippen molar-refractivity contribution in [1.29, 1.82) is 0 Å². The van der Waals surface area contributed by atoms with Crippen molar-refractivity contribution in [3.63, 3.8) is 0 Å². The Kier molecular flexibility index (Phi) is 10.6. The largest absolute Gasteiger partial charge is 0.354 e. The SMILES string of the molecule is CCCNC(=O)[C@H](Cc1ccccc1)N(Cc1ccccc1Cl)C(=O)CN(c1ccccc1Cl)S(C)(=O)=O. The standard InChI is InChI=1S/C28H31Cl2N3O4S/c1-3-17-31-28(35)26(18-21-11-5-4-6-12-21)32(19-22-13-7-8-14-23(22)29)27(34)20-33(38(2,36)37)25-16-10-9-15-24(25)30/h4-16,26H,3,17-20H2,1-2H3,(H,31,35)/t26-/m0/s1. The van der Waals surface area contributed by atoms with Crippen molar-refractivity contribution in [2.75, 3.05) is 23.7 Å². The highest BCUT2D eigenvalue weighted by atomic mass is 35.5. The molecule has 2 amide bonds. The fourth-order valence-electron chi connectivity index (χ4n) is 3.98. The topological polar surface area (TPSA) is 86.8 Å². The van der Waals surface area contributed by atoms with Crippen LogP contribution in [0, 0.1) is 0 Å². The van der Waals surface area contributed by atoms with E-state index >= 15 is 0 Å². The Labute approximate surface area is 234 Å². The molecule has 202 valence electrons. The van der Waals surface area contributed by atoms with Gasteiger partial charge in [-0.05, 0) is 35.7 Å². The van der Waals surface area contributed by atoms with E-state index in [2.05, 4.69) is 5.32 Å². The first-order valence-corrected chi connectivity index (χ1v) is 14.8. The third kappa shape index (κ3) is 7.96. The second kappa shape index (κ2) is 13.6. The molecule has 0 aliphatic rings. The molecule has 0 radical (unpaired) electrons. The van der Waals surface area contributed by atoms with Crippen LogP contribution in [0.15, 0.2) is 78.9 Å². The van der Waals surface area contributed by atoms with Crippen molar-refractivity contribution < 1.29 is 18.0 Å². The number of carbonyl (C=O) groups is 2. The lowest BCUT2D eigenvalue weighted by Crippen LogP contribution is -2.53. The molecule has 10 heteroatoms. The van der Waals surface area contributed by atoms with Gasteiger partial charge >= 0.3 is 0 Å². The summed E-state index contributed by atoms with van der Waals surface area (Å²) in [5.41, 5.74) is 1.66. The Morgan fingerprint density at radius 2 is 1.50 bits per heavy atom. The number of sulfonamides is 1. The van der Waals surface area contributed by atoms with Gasteiger partial charge in [0, 0.05) is 24.5 Å². The predicted molar refractivity (Wildman–Crippen MR) is 153 cm³/mol. The van der Waals surface area contributed by atoms with E-state index in [9.17, 15) is 18.0 Å². The Bertz CT molecular complexity index is 1350. The maximum Gasteiger partial charge on any atom is 0.244 e. The van der Waals surface area contributed by atoms with Crippen LogP contribution in [0.3, 0.4) is 0 Å². The first-order valence-electron chi connectivity index (χ1n) is 12.2. The number of halogens is 2. The van der Waals surface area contributed by atoms with Crippen molar-refractivity contribution in [2.24, 2.45) is 0 Å². The molecule has 0 bridgehead atoms. The molecule has 3 aromatic rings. The average molecular weight is 577 g/mol. The summed E-state index contributed by atoms with van der Waals surface area (Å²) in [5.74, 6) is -0.900. The van der Waals surface area contributed by atoms with Crippen LogP contribution in [0.1, 0.15) is 24.5 Å². The number of nitrogens with zero attached hydrogens (tertiary/aromatic N) is 2. The molecule has 0 aromatic heterocycles. The molecule has 3 rings (SSSR count). The molecule has 0 heterocycles. The van der Waals surface area contributed by atoms with E-state index in [4.69, 9.17) is 23.2 Å². The van der Waals surface area contributed by atoms with Gasteiger partial charge in [0.2, 0.25) is 21.8 Å². The highest BCUT2D eigenvalue weighted by Gasteiger charge is 2.33. The van der Waals surface area contributed by atoms with Gasteiger partial charge in [-0.2, -0.15) is 0 Å². The second-order valence-corrected chi connectivity index (χ2v) is 11.6. The Balaban J connectivity index is 2.06. The number of nitrogens with one attached hydrogen (secondary N) is 1. The number of rotatable bonds is 12. The van der Waals surface area contributed by atoms with Crippen LogP contribution >= 0.6 is 23.2 Å². The molecule has 7 nitrogen and oxygen atoms in total. The molecule has 0 saturated carbocycles. The van der Waals surface area contributed by atoms with Gasteiger partial charge in [0.25, 0.3) is 0 Å². The first kappa shape index (κ1) is 29.5. The Morgan fingerprint density at radius 1 is 0.895 bits per heavy atom. The molecule has 0 fully saturated rings. The smallest absolute Gasteiger partial charge is 0.244 e. The first-order chi connectivity index (χ1) is 18.1. The molecule has 0 saturated heterocycles. The van der Waals surface area contributed by atoms with Crippen LogP contribution in [0.5, 0.6) is 0 Å². The average Bonchev–Trinajstić information content (AvgIpc) is 2.89. The maximum absolute atomic E-state index is 14.0. The quantitative estimate of drug-likeness (QED) is 0.332. The number of para-hydroxylation sites is 1. The van der Waals surface area contributed by atoms with Gasteiger partial charge in [-0.15, -0.1) is 0 Å². The summed E-state index contributed by atoms with van der Waals surface area (Å²) in [6.45, 7) is 1.84. The zero-order valence-corrected chi connectivity index (χ0v) is 23.6. The van der Waals surface area contributed by atoms with E-state index < -0.39 is 28.5 Å². The van der Waals surface area contributed by atoms with Gasteiger partial charge in [0.1, 0.15) is 12.6 Å². The van der Waals surface area contributed by atoms with Crippen LogP contribution in [0.4, 0.5) is 5.69 Å². The van der Waals surface area contributed by atoms with Crippen LogP contribution in [-0.4, -0.2) is 50.5 Å². The van der Waals surface area contributed by atoms with Crippen molar-refractivity contribution >= 4 is 50.7 Å². The van der Waals surface area contributed by atoms with E-state index in [1.165, 1.54) is 11.0 Å². The highest BCUT2D eigenvalue weighted by molar-refractivity contribution is 7.92. The molecule has 0 aliphatic carbocycles. The summed E-state index contributed by atoms with van der Waals surface area (Å²) >= 11 is 12.7. The van der Waals surface area contributed by atoms with Gasteiger partial charge in [-0.1, -0.05) is 90.8 Å². The monoisotopic (exact) mass is 575 g/mol. The fourth-order valence-corrected chi connectivity index (χ4v) is 5.32. The van der Waals surface area contributed by atoms with Gasteiger partial charge in [-0.25, -0.2) is 8.42 Å². The lowest BCUT2D eigenvalue weighted by Gasteiger charge is -2.33. The summed E-state index contributed by atoms with van der Waals surface area (Å²) in [7, 11) is -3.89. The van der Waals surface area contributed by atoms with Gasteiger partial charge < -0.3 is 10.2 Å². The summed E-state index contributed by atoms with van der Waals surface area (Å²) in [6.07, 6.45) is 1.96. The maximum atomic E-state index is 14.0. The zero-order chi connectivity index (χ0) is 27.7. The summed E-state index contributed by atoms with van der Waals surface area (Å²) in [4.78, 5) is 28.8. The van der Waals surface area contributed by atoms with E-state index in [1.54, 1.807) is 42.5 Å². The van der Waals surface area contributed by atoms with Crippen LogP contribution in [0.25, 0.3) is 0 Å². The minimum atomic E-state index is -3.89. The van der Waals surface area contributed by atoms with E-state index in [0.29, 0.717) is 17.1 Å². The zero-order valence-electron chi connectivity index (χ0n) is 21.3. The van der Waals surface area contributed by atoms with Crippen molar-refractivity contribution in [2.45, 2.75) is 32.4 Å². The van der Waals surface area contributed by atoms with Crippen LogP contribution in [0.2, 0.25) is 10.0 Å². The number of carbonyl (C=O) groups excluding carboxylic acids is 2. The third-order valence-electron chi connectivity index (χ3n) is 5.92. The minimum absolute atomic E-state index is 0.00960. The normalized spacial score (nSPS) is 12.0. The predicted octanol–water partition coefficient (Wildman–Crippen LogP) is 4.93. The van der Waals surface area contributed by atoms with E-state index in [-0.39, 0.29) is 29.6 Å². The van der Waals surface area contributed by atoms with E-state index in [0.717, 1.165) is 22.5 Å². The molecular weight excluding hydrogens is 545 g/mol. The summed E-state index contributed by atoms with van der Waals surface area (Å²) in [6, 6.07) is 21.9. The van der Waals surface area contributed by atoms with Crippen molar-refractivity contribution in [3.05, 3.63) is 100 Å². The van der Waals surface area contributed by atoms with Crippen molar-refractivity contribution in [3.8, 4) is 0 Å². The molecule has 3 aromatic carbocycles. The Hall–Kier alpha value is -3.07. The lowest BCUT2D eigenvalue weighted by atomic mass is 10.0. The fraction of sp³-hybridized carbons (Fsp3) is 0.286.